The van der Waals surface area contributed by atoms with Gasteiger partial charge in [-0.3, -0.25) is 4.79 Å². The van der Waals surface area contributed by atoms with Crippen molar-refractivity contribution in [2.24, 2.45) is 0 Å². The van der Waals surface area contributed by atoms with Crippen LogP contribution in [0.15, 0.2) is 28.8 Å². The van der Waals surface area contributed by atoms with Crippen LogP contribution in [0.4, 0.5) is 5.69 Å². The Bertz CT molecular complexity index is 651. The van der Waals surface area contributed by atoms with Gasteiger partial charge in [0.15, 0.2) is 5.76 Å². The molecule has 5 nitrogen and oxygen atoms in total. The van der Waals surface area contributed by atoms with Crippen molar-refractivity contribution in [3.8, 4) is 5.75 Å². The fraction of sp³-hybridized carbons (Fsp3) is 0.444. The number of carbonyl (C=O) groups excluding carboxylic acids is 1. The van der Waals surface area contributed by atoms with E-state index in [0.717, 1.165) is 18.6 Å². The molecule has 0 unspecified atom stereocenters. The molecule has 1 aromatic heterocycles. The third-order valence-corrected chi connectivity index (χ3v) is 4.24. The molecule has 0 spiro atoms. The smallest absolute Gasteiger partial charge is 0.255 e. The van der Waals surface area contributed by atoms with Gasteiger partial charge in [0.25, 0.3) is 5.91 Å². The average molecular weight is 314 g/mol. The van der Waals surface area contributed by atoms with E-state index < -0.39 is 0 Å². The second kappa shape index (κ2) is 6.86. The van der Waals surface area contributed by atoms with Crippen LogP contribution in [0.2, 0.25) is 0 Å². The second-order valence-electron chi connectivity index (χ2n) is 6.06. The number of nitrogens with zero attached hydrogens (tertiary/aromatic N) is 1. The van der Waals surface area contributed by atoms with E-state index in [1.54, 1.807) is 26.0 Å². The van der Waals surface area contributed by atoms with Gasteiger partial charge in [-0.15, -0.1) is 0 Å². The first kappa shape index (κ1) is 15.6. The number of amides is 1. The molecule has 0 bridgehead atoms. The Hall–Kier alpha value is -2.30. The highest BCUT2D eigenvalue weighted by Gasteiger charge is 2.16. The maximum absolute atomic E-state index is 12.3. The van der Waals surface area contributed by atoms with Crippen molar-refractivity contribution in [1.29, 1.82) is 0 Å². The number of aryl methyl sites for hydroxylation is 2. The summed E-state index contributed by atoms with van der Waals surface area (Å²) >= 11 is 0. The number of carbonyl (C=O) groups is 1. The van der Waals surface area contributed by atoms with Gasteiger partial charge >= 0.3 is 0 Å². The summed E-state index contributed by atoms with van der Waals surface area (Å²) in [5.41, 5.74) is 1.90. The highest BCUT2D eigenvalue weighted by molar-refractivity contribution is 6.04. The predicted molar refractivity (Wildman–Crippen MR) is 87.9 cm³/mol. The number of anilines is 1. The van der Waals surface area contributed by atoms with Gasteiger partial charge in [-0.2, -0.15) is 0 Å². The molecule has 1 aromatic carbocycles. The van der Waals surface area contributed by atoms with E-state index >= 15 is 0 Å². The SMILES string of the molecule is Cc1noc(C)c1NC(=O)c1ccc(OC2CCCCC2)cc1. The molecule has 0 atom stereocenters. The lowest BCUT2D eigenvalue weighted by Gasteiger charge is -2.23. The zero-order valence-electron chi connectivity index (χ0n) is 13.6. The van der Waals surface area contributed by atoms with Crippen molar-refractivity contribution in [2.75, 3.05) is 5.32 Å². The monoisotopic (exact) mass is 314 g/mol. The van der Waals surface area contributed by atoms with Crippen LogP contribution in [-0.4, -0.2) is 17.2 Å². The Morgan fingerprint density at radius 1 is 1.17 bits per heavy atom. The van der Waals surface area contributed by atoms with E-state index in [2.05, 4.69) is 10.5 Å². The van der Waals surface area contributed by atoms with Gasteiger partial charge in [-0.25, -0.2) is 0 Å². The first-order valence-corrected chi connectivity index (χ1v) is 8.14. The standard InChI is InChI=1S/C18H22N2O3/c1-12-17(13(2)23-20-12)19-18(21)14-8-10-16(11-9-14)22-15-6-4-3-5-7-15/h8-11,15H,3-7H2,1-2H3,(H,19,21). The lowest BCUT2D eigenvalue weighted by Crippen LogP contribution is -2.19. The molecule has 0 saturated heterocycles. The van der Waals surface area contributed by atoms with Crippen LogP contribution in [0.3, 0.4) is 0 Å². The van der Waals surface area contributed by atoms with Crippen LogP contribution < -0.4 is 10.1 Å². The van der Waals surface area contributed by atoms with Gasteiger partial charge in [0.2, 0.25) is 0 Å². The number of rotatable bonds is 4. The van der Waals surface area contributed by atoms with Gasteiger partial charge in [0.1, 0.15) is 17.1 Å². The van der Waals surface area contributed by atoms with Crippen LogP contribution in [0.1, 0.15) is 53.9 Å². The molecule has 1 aliphatic carbocycles. The van der Waals surface area contributed by atoms with Crippen molar-refractivity contribution in [2.45, 2.75) is 52.1 Å². The number of ether oxygens (including phenoxy) is 1. The molecule has 1 saturated carbocycles. The van der Waals surface area contributed by atoms with Crippen LogP contribution in [0, 0.1) is 13.8 Å². The van der Waals surface area contributed by atoms with E-state index in [0.29, 0.717) is 28.8 Å². The third kappa shape index (κ3) is 3.73. The molecule has 5 heteroatoms. The van der Waals surface area contributed by atoms with Crippen molar-refractivity contribution in [1.82, 2.24) is 5.16 Å². The summed E-state index contributed by atoms with van der Waals surface area (Å²) in [5.74, 6) is 1.25. The zero-order valence-corrected chi connectivity index (χ0v) is 13.6. The minimum atomic E-state index is -0.177. The highest BCUT2D eigenvalue weighted by atomic mass is 16.5. The van der Waals surface area contributed by atoms with Crippen LogP contribution in [-0.2, 0) is 0 Å². The molecule has 1 amide bonds. The van der Waals surface area contributed by atoms with Gasteiger partial charge in [-0.1, -0.05) is 11.6 Å². The Morgan fingerprint density at radius 2 is 1.87 bits per heavy atom. The van der Waals surface area contributed by atoms with Gasteiger partial charge in [0.05, 0.1) is 6.10 Å². The minimum absolute atomic E-state index is 0.177. The molecule has 1 aliphatic rings. The Balaban J connectivity index is 1.63. The summed E-state index contributed by atoms with van der Waals surface area (Å²) in [6, 6.07) is 7.28. The predicted octanol–water partition coefficient (Wildman–Crippen LogP) is 4.26. The lowest BCUT2D eigenvalue weighted by molar-refractivity contribution is 0.102. The normalized spacial score (nSPS) is 15.4. The first-order chi connectivity index (χ1) is 11.1. The van der Waals surface area contributed by atoms with Crippen LogP contribution in [0.5, 0.6) is 5.75 Å². The van der Waals surface area contributed by atoms with Crippen molar-refractivity contribution in [3.05, 3.63) is 41.3 Å². The Kier molecular flexibility index (Phi) is 4.65. The molecule has 2 aromatic rings. The molecule has 122 valence electrons. The van der Waals surface area contributed by atoms with Crippen molar-refractivity contribution in [3.63, 3.8) is 0 Å². The molecule has 1 N–H and O–H groups in total. The highest BCUT2D eigenvalue weighted by Crippen LogP contribution is 2.24. The quantitative estimate of drug-likeness (QED) is 0.916. The third-order valence-electron chi connectivity index (χ3n) is 4.24. The number of benzene rings is 1. The zero-order chi connectivity index (χ0) is 16.2. The molecule has 0 radical (unpaired) electrons. The van der Waals surface area contributed by atoms with E-state index in [1.165, 1.54) is 19.3 Å². The van der Waals surface area contributed by atoms with E-state index in [4.69, 9.17) is 9.26 Å². The topological polar surface area (TPSA) is 64.4 Å². The minimum Gasteiger partial charge on any atom is -0.490 e. The summed E-state index contributed by atoms with van der Waals surface area (Å²) in [6.45, 7) is 3.57. The molecule has 0 aliphatic heterocycles. The molecule has 1 fully saturated rings. The lowest BCUT2D eigenvalue weighted by atomic mass is 9.98. The Morgan fingerprint density at radius 3 is 2.48 bits per heavy atom. The second-order valence-corrected chi connectivity index (χ2v) is 6.06. The first-order valence-electron chi connectivity index (χ1n) is 8.14. The largest absolute Gasteiger partial charge is 0.490 e. The summed E-state index contributed by atoms with van der Waals surface area (Å²) in [7, 11) is 0. The molecular weight excluding hydrogens is 292 g/mol. The number of hydrogen-bond acceptors (Lipinski definition) is 4. The average Bonchev–Trinajstić information content (AvgIpc) is 2.88. The van der Waals surface area contributed by atoms with E-state index in [9.17, 15) is 4.79 Å². The van der Waals surface area contributed by atoms with Gasteiger partial charge < -0.3 is 14.6 Å². The summed E-state index contributed by atoms with van der Waals surface area (Å²) in [5, 5.41) is 6.67. The van der Waals surface area contributed by atoms with Crippen LogP contribution >= 0.6 is 0 Å². The van der Waals surface area contributed by atoms with Gasteiger partial charge in [-0.05, 0) is 63.8 Å². The van der Waals surface area contributed by atoms with E-state index in [-0.39, 0.29) is 5.91 Å². The number of hydrogen-bond donors (Lipinski definition) is 1. The van der Waals surface area contributed by atoms with Crippen molar-refractivity contribution >= 4 is 11.6 Å². The fourth-order valence-corrected chi connectivity index (χ4v) is 2.91. The molecular formula is C18H22N2O3. The summed E-state index contributed by atoms with van der Waals surface area (Å²) in [6.07, 6.45) is 6.33. The molecule has 3 rings (SSSR count). The van der Waals surface area contributed by atoms with Crippen molar-refractivity contribution < 1.29 is 14.1 Å². The summed E-state index contributed by atoms with van der Waals surface area (Å²) in [4.78, 5) is 12.3. The Labute approximate surface area is 136 Å². The fourth-order valence-electron chi connectivity index (χ4n) is 2.91. The number of aromatic nitrogens is 1. The van der Waals surface area contributed by atoms with Gasteiger partial charge in [0, 0.05) is 5.56 Å². The summed E-state index contributed by atoms with van der Waals surface area (Å²) < 4.78 is 11.0. The molecule has 23 heavy (non-hydrogen) atoms. The maximum atomic E-state index is 12.3. The maximum Gasteiger partial charge on any atom is 0.255 e. The number of nitrogens with one attached hydrogen (secondary N) is 1. The van der Waals surface area contributed by atoms with E-state index in [1.807, 2.05) is 12.1 Å². The molecule has 1 heterocycles. The van der Waals surface area contributed by atoms with Crippen LogP contribution in [0.25, 0.3) is 0 Å².